The normalized spacial score (nSPS) is 16.9. The molecule has 160 valence electrons. The van der Waals surface area contributed by atoms with Crippen LogP contribution in [0.4, 0.5) is 0 Å². The number of nitrogens with one attached hydrogen (secondary N) is 1. The molecule has 1 aliphatic heterocycles. The molecular weight excluding hydrogens is 471 g/mol. The van der Waals surface area contributed by atoms with Gasteiger partial charge in [0.2, 0.25) is 5.75 Å². The fraction of sp³-hybridized carbons (Fsp3) is 0.650. The van der Waals surface area contributed by atoms with Crippen LogP contribution < -0.4 is 14.8 Å². The fourth-order valence-corrected chi connectivity index (χ4v) is 3.58. The summed E-state index contributed by atoms with van der Waals surface area (Å²) in [5, 5.41) is 13.5. The predicted molar refractivity (Wildman–Crippen MR) is 124 cm³/mol. The van der Waals surface area contributed by atoms with Gasteiger partial charge in [-0.05, 0) is 43.1 Å². The Kier molecular flexibility index (Phi) is 10.7. The second kappa shape index (κ2) is 12.2. The number of phenols is 1. The smallest absolute Gasteiger partial charge is 0.200 e. The Labute approximate surface area is 186 Å². The Morgan fingerprint density at radius 3 is 2.36 bits per heavy atom. The summed E-state index contributed by atoms with van der Waals surface area (Å²) >= 11 is 0. The van der Waals surface area contributed by atoms with Crippen molar-refractivity contribution in [3.05, 3.63) is 17.7 Å². The maximum Gasteiger partial charge on any atom is 0.200 e. The summed E-state index contributed by atoms with van der Waals surface area (Å²) in [6, 6.07) is 3.62. The van der Waals surface area contributed by atoms with Crippen molar-refractivity contribution in [2.24, 2.45) is 10.9 Å². The number of guanidine groups is 1. The molecule has 1 aromatic rings. The van der Waals surface area contributed by atoms with E-state index >= 15 is 0 Å². The summed E-state index contributed by atoms with van der Waals surface area (Å²) < 4.78 is 10.5. The van der Waals surface area contributed by atoms with Crippen LogP contribution in [-0.4, -0.2) is 74.9 Å². The third kappa shape index (κ3) is 6.30. The first-order chi connectivity index (χ1) is 13.1. The number of methoxy groups -OCH3 is 2. The molecule has 2 N–H and O–H groups in total. The van der Waals surface area contributed by atoms with Crippen LogP contribution in [0.15, 0.2) is 17.1 Å². The SMILES string of the molecule is CCN(CC)CC1CCN(C(=NC)NCc2cc(OC)c(O)c(OC)c2)C1.I. The summed E-state index contributed by atoms with van der Waals surface area (Å²) in [7, 11) is 4.88. The minimum atomic E-state index is 0. The highest BCUT2D eigenvalue weighted by molar-refractivity contribution is 14.0. The number of aromatic hydroxyl groups is 1. The third-order valence-electron chi connectivity index (χ3n) is 5.20. The van der Waals surface area contributed by atoms with E-state index in [4.69, 9.17) is 9.47 Å². The monoisotopic (exact) mass is 506 g/mol. The molecule has 28 heavy (non-hydrogen) atoms. The molecule has 1 aromatic carbocycles. The van der Waals surface area contributed by atoms with Gasteiger partial charge in [-0.1, -0.05) is 13.8 Å². The van der Waals surface area contributed by atoms with Crippen LogP contribution in [0.3, 0.4) is 0 Å². The highest BCUT2D eigenvalue weighted by atomic mass is 127. The summed E-state index contributed by atoms with van der Waals surface area (Å²) in [4.78, 5) is 9.26. The lowest BCUT2D eigenvalue weighted by atomic mass is 10.1. The lowest BCUT2D eigenvalue weighted by molar-refractivity contribution is 0.255. The van der Waals surface area contributed by atoms with Crippen molar-refractivity contribution in [1.82, 2.24) is 15.1 Å². The molecule has 0 aliphatic carbocycles. The minimum absolute atomic E-state index is 0. The number of halogens is 1. The molecule has 0 aromatic heterocycles. The maximum absolute atomic E-state index is 10.0. The van der Waals surface area contributed by atoms with E-state index in [0.29, 0.717) is 24.0 Å². The Morgan fingerprint density at radius 1 is 1.25 bits per heavy atom. The highest BCUT2D eigenvalue weighted by Crippen LogP contribution is 2.37. The molecule has 1 fully saturated rings. The molecule has 0 amide bonds. The third-order valence-corrected chi connectivity index (χ3v) is 5.20. The Balaban J connectivity index is 0.00000392. The Morgan fingerprint density at radius 2 is 1.86 bits per heavy atom. The molecule has 1 saturated heterocycles. The average Bonchev–Trinajstić information content (AvgIpc) is 3.15. The van der Waals surface area contributed by atoms with Crippen LogP contribution in [0.5, 0.6) is 17.2 Å². The van der Waals surface area contributed by atoms with Crippen molar-refractivity contribution in [3.8, 4) is 17.2 Å². The van der Waals surface area contributed by atoms with Crippen molar-refractivity contribution < 1.29 is 14.6 Å². The summed E-state index contributed by atoms with van der Waals surface area (Å²) in [5.74, 6) is 2.41. The van der Waals surface area contributed by atoms with Gasteiger partial charge in [-0.15, -0.1) is 24.0 Å². The first-order valence-corrected chi connectivity index (χ1v) is 9.67. The molecular formula is C20H35IN4O3. The second-order valence-electron chi connectivity index (χ2n) is 6.84. The highest BCUT2D eigenvalue weighted by Gasteiger charge is 2.26. The van der Waals surface area contributed by atoms with Crippen LogP contribution in [0.1, 0.15) is 25.8 Å². The van der Waals surface area contributed by atoms with Gasteiger partial charge in [-0.25, -0.2) is 0 Å². The summed E-state index contributed by atoms with van der Waals surface area (Å²) in [6.45, 7) is 10.4. The molecule has 0 saturated carbocycles. The number of rotatable bonds is 8. The first-order valence-electron chi connectivity index (χ1n) is 9.67. The quantitative estimate of drug-likeness (QED) is 0.321. The van der Waals surface area contributed by atoms with Gasteiger partial charge in [-0.2, -0.15) is 0 Å². The number of ether oxygens (including phenoxy) is 2. The lowest BCUT2D eigenvalue weighted by Gasteiger charge is -2.24. The number of likely N-dealkylation sites (tertiary alicyclic amines) is 1. The molecule has 1 atom stereocenters. The molecule has 1 aliphatic rings. The van der Waals surface area contributed by atoms with Crippen LogP contribution in [0.2, 0.25) is 0 Å². The van der Waals surface area contributed by atoms with Crippen molar-refractivity contribution >= 4 is 29.9 Å². The van der Waals surface area contributed by atoms with Crippen LogP contribution in [0, 0.1) is 5.92 Å². The topological polar surface area (TPSA) is 69.6 Å². The zero-order chi connectivity index (χ0) is 19.8. The van der Waals surface area contributed by atoms with E-state index in [1.807, 2.05) is 19.2 Å². The largest absolute Gasteiger partial charge is 0.502 e. The standard InChI is InChI=1S/C20H34N4O3.HI/c1-6-23(7-2)13-15-8-9-24(14-15)20(21-3)22-12-16-10-17(26-4)19(25)18(11-16)27-5;/h10-11,15,25H,6-9,12-14H2,1-5H3,(H,21,22);1H. The van der Waals surface area contributed by atoms with E-state index in [1.165, 1.54) is 20.6 Å². The van der Waals surface area contributed by atoms with E-state index in [9.17, 15) is 5.11 Å². The molecule has 2 rings (SSSR count). The van der Waals surface area contributed by atoms with Crippen LogP contribution >= 0.6 is 24.0 Å². The number of hydrogen-bond acceptors (Lipinski definition) is 5. The van der Waals surface area contributed by atoms with Gasteiger partial charge in [0.05, 0.1) is 14.2 Å². The van der Waals surface area contributed by atoms with Crippen molar-refractivity contribution in [2.75, 3.05) is 54.0 Å². The van der Waals surface area contributed by atoms with Gasteiger partial charge in [0.1, 0.15) is 0 Å². The zero-order valence-electron chi connectivity index (χ0n) is 17.7. The minimum Gasteiger partial charge on any atom is -0.502 e. The molecule has 0 radical (unpaired) electrons. The van der Waals surface area contributed by atoms with E-state index in [2.05, 4.69) is 34.0 Å². The maximum atomic E-state index is 10.0. The number of aliphatic imine (C=N–C) groups is 1. The van der Waals surface area contributed by atoms with E-state index in [1.54, 1.807) is 0 Å². The van der Waals surface area contributed by atoms with E-state index in [-0.39, 0.29) is 29.7 Å². The van der Waals surface area contributed by atoms with Gasteiger partial charge in [0.15, 0.2) is 17.5 Å². The molecule has 8 heteroatoms. The number of nitrogens with zero attached hydrogens (tertiary/aromatic N) is 3. The summed E-state index contributed by atoms with van der Waals surface area (Å²) in [5.41, 5.74) is 0.960. The van der Waals surface area contributed by atoms with Crippen LogP contribution in [0.25, 0.3) is 0 Å². The predicted octanol–water partition coefficient (Wildman–Crippen LogP) is 2.77. The van der Waals surface area contributed by atoms with Gasteiger partial charge >= 0.3 is 0 Å². The molecule has 0 spiro atoms. The Hall–Kier alpha value is -1.42. The average molecular weight is 506 g/mol. The molecule has 7 nitrogen and oxygen atoms in total. The lowest BCUT2D eigenvalue weighted by Crippen LogP contribution is -2.40. The van der Waals surface area contributed by atoms with Gasteiger partial charge in [-0.3, -0.25) is 4.99 Å². The first kappa shape index (κ1) is 24.6. The van der Waals surface area contributed by atoms with E-state index in [0.717, 1.165) is 44.2 Å². The van der Waals surface area contributed by atoms with Crippen molar-refractivity contribution in [1.29, 1.82) is 0 Å². The summed E-state index contributed by atoms with van der Waals surface area (Å²) in [6.07, 6.45) is 1.19. The number of hydrogen-bond donors (Lipinski definition) is 2. The van der Waals surface area contributed by atoms with Gasteiger partial charge in [0.25, 0.3) is 0 Å². The Bertz CT molecular complexity index is 613. The van der Waals surface area contributed by atoms with Gasteiger partial charge < -0.3 is 29.7 Å². The van der Waals surface area contributed by atoms with Crippen molar-refractivity contribution in [2.45, 2.75) is 26.8 Å². The molecule has 1 unspecified atom stereocenters. The fourth-order valence-electron chi connectivity index (χ4n) is 3.58. The zero-order valence-corrected chi connectivity index (χ0v) is 20.0. The molecule has 1 heterocycles. The van der Waals surface area contributed by atoms with Gasteiger partial charge in [0, 0.05) is 33.2 Å². The second-order valence-corrected chi connectivity index (χ2v) is 6.84. The number of benzene rings is 1. The van der Waals surface area contributed by atoms with E-state index < -0.39 is 0 Å². The van der Waals surface area contributed by atoms with Crippen molar-refractivity contribution in [3.63, 3.8) is 0 Å². The molecule has 0 bridgehead atoms. The van der Waals surface area contributed by atoms with Crippen LogP contribution in [-0.2, 0) is 6.54 Å². The number of phenolic OH excluding ortho intramolecular Hbond substituents is 1.